The van der Waals surface area contributed by atoms with Gasteiger partial charge in [-0.25, -0.2) is 9.97 Å². The summed E-state index contributed by atoms with van der Waals surface area (Å²) < 4.78 is 5.29. The molecule has 2 saturated heterocycles. The molecule has 2 N–H and O–H groups in total. The molecule has 2 aromatic heterocycles. The lowest BCUT2D eigenvalue weighted by molar-refractivity contribution is -0.151. The molecule has 8 rings (SSSR count). The molecular weight excluding hydrogens is 606 g/mol. The maximum Gasteiger partial charge on any atom is 0.308 e. The number of carbonyl (C=O) groups is 1. The Morgan fingerprint density at radius 2 is 1.77 bits per heavy atom. The van der Waals surface area contributed by atoms with Gasteiger partial charge in [0, 0.05) is 63.5 Å². The molecule has 2 saturated carbocycles. The van der Waals surface area contributed by atoms with E-state index in [4.69, 9.17) is 14.7 Å². The van der Waals surface area contributed by atoms with E-state index in [0.717, 1.165) is 81.8 Å². The molecule has 12 nitrogen and oxygen atoms in total. The van der Waals surface area contributed by atoms with Gasteiger partial charge >= 0.3 is 5.97 Å². The monoisotopic (exact) mass is 653 g/mol. The number of anilines is 4. The summed E-state index contributed by atoms with van der Waals surface area (Å²) in [6.45, 7) is 11.0. The number of ether oxygens (including phenoxy) is 1. The summed E-state index contributed by atoms with van der Waals surface area (Å²) in [5.74, 6) is 1.88. The first-order chi connectivity index (χ1) is 23.4. The van der Waals surface area contributed by atoms with Crippen molar-refractivity contribution < 1.29 is 14.6 Å². The number of hydrogen-bond acceptors (Lipinski definition) is 12. The van der Waals surface area contributed by atoms with Crippen LogP contribution < -0.4 is 20.0 Å². The van der Waals surface area contributed by atoms with Gasteiger partial charge in [-0.3, -0.25) is 9.69 Å². The predicted octanol–water partition coefficient (Wildman–Crippen LogP) is 4.17. The van der Waals surface area contributed by atoms with E-state index >= 15 is 0 Å². The Kier molecular flexibility index (Phi) is 8.22. The van der Waals surface area contributed by atoms with Crippen LogP contribution in [-0.4, -0.2) is 107 Å². The standard InChI is InChI=1S/C36H47N9O3/c1-3-48-34(47)25-8-10-36(11-9-25)17-26(18-36)44-14-12-42(22-24(44)2)27-19-38-35(39-20-27)43-13-15-45-28(23-43)21-37-33-31(45)16-30(40-41-33)29-6-4-5-7-32(29)46/h4-7,16,19-20,24-26,28,46H,3,8-15,17-18,21-23H2,1-2H3,(H,37,41)/t24-,25-,26-,28+,36?/m1/s1. The van der Waals surface area contributed by atoms with Crippen LogP contribution in [0.2, 0.25) is 0 Å². The molecule has 1 spiro atoms. The molecule has 0 unspecified atom stereocenters. The fourth-order valence-electron chi connectivity index (χ4n) is 8.99. The molecule has 254 valence electrons. The number of para-hydroxylation sites is 1. The molecule has 3 aliphatic heterocycles. The van der Waals surface area contributed by atoms with Crippen LogP contribution in [0.1, 0.15) is 52.4 Å². The van der Waals surface area contributed by atoms with Gasteiger partial charge in [-0.05, 0) is 76.0 Å². The second-order valence-electron chi connectivity index (χ2n) is 14.5. The van der Waals surface area contributed by atoms with E-state index in [1.807, 2.05) is 43.6 Å². The largest absolute Gasteiger partial charge is 0.507 e. The third-order valence-electron chi connectivity index (χ3n) is 11.7. The lowest BCUT2D eigenvalue weighted by Crippen LogP contribution is -2.61. The summed E-state index contributed by atoms with van der Waals surface area (Å²) in [7, 11) is 0. The molecule has 0 amide bonds. The van der Waals surface area contributed by atoms with Crippen molar-refractivity contribution in [3.05, 3.63) is 42.7 Å². The number of nitrogens with one attached hydrogen (secondary N) is 1. The van der Waals surface area contributed by atoms with Gasteiger partial charge in [-0.15, -0.1) is 10.2 Å². The van der Waals surface area contributed by atoms with Crippen LogP contribution in [0.25, 0.3) is 11.3 Å². The molecule has 48 heavy (non-hydrogen) atoms. The summed E-state index contributed by atoms with van der Waals surface area (Å²) in [5.41, 5.74) is 3.90. The quantitative estimate of drug-likeness (QED) is 0.371. The zero-order valence-corrected chi connectivity index (χ0v) is 28.1. The highest BCUT2D eigenvalue weighted by molar-refractivity contribution is 5.77. The van der Waals surface area contributed by atoms with Gasteiger partial charge in [0.15, 0.2) is 5.82 Å². The summed E-state index contributed by atoms with van der Waals surface area (Å²) in [5, 5.41) is 22.6. The average Bonchev–Trinajstić information content (AvgIpc) is 3.10. The number of hydrogen-bond donors (Lipinski definition) is 2. The van der Waals surface area contributed by atoms with Gasteiger partial charge in [0.05, 0.1) is 48.0 Å². The van der Waals surface area contributed by atoms with E-state index in [-0.39, 0.29) is 23.7 Å². The number of piperazine rings is 2. The van der Waals surface area contributed by atoms with E-state index in [9.17, 15) is 9.90 Å². The maximum atomic E-state index is 12.2. The Labute approximate surface area is 282 Å². The third kappa shape index (κ3) is 5.77. The van der Waals surface area contributed by atoms with Crippen molar-refractivity contribution in [2.24, 2.45) is 11.3 Å². The van der Waals surface area contributed by atoms with E-state index < -0.39 is 0 Å². The van der Waals surface area contributed by atoms with Crippen molar-refractivity contribution in [1.82, 2.24) is 25.1 Å². The maximum absolute atomic E-state index is 12.2. The van der Waals surface area contributed by atoms with E-state index in [1.165, 1.54) is 25.7 Å². The summed E-state index contributed by atoms with van der Waals surface area (Å²) in [6, 6.07) is 10.6. The Bertz CT molecular complexity index is 1620. The normalized spacial score (nSPS) is 28.7. The highest BCUT2D eigenvalue weighted by atomic mass is 16.5. The number of phenols is 1. The molecular formula is C36H47N9O3. The molecule has 5 heterocycles. The molecule has 2 aliphatic carbocycles. The molecule has 3 aromatic rings. The summed E-state index contributed by atoms with van der Waals surface area (Å²) in [6.07, 6.45) is 10.8. The minimum Gasteiger partial charge on any atom is -0.507 e. The number of carbonyl (C=O) groups excluding carboxylic acids is 1. The number of aromatic nitrogens is 4. The van der Waals surface area contributed by atoms with Crippen LogP contribution in [-0.2, 0) is 9.53 Å². The van der Waals surface area contributed by atoms with Gasteiger partial charge in [0.25, 0.3) is 0 Å². The van der Waals surface area contributed by atoms with E-state index in [1.54, 1.807) is 6.07 Å². The fourth-order valence-corrected chi connectivity index (χ4v) is 8.99. The molecule has 1 aromatic carbocycles. The van der Waals surface area contributed by atoms with Crippen LogP contribution in [0, 0.1) is 11.3 Å². The van der Waals surface area contributed by atoms with E-state index in [2.05, 4.69) is 42.0 Å². The summed E-state index contributed by atoms with van der Waals surface area (Å²) >= 11 is 0. The van der Waals surface area contributed by atoms with Crippen LogP contribution >= 0.6 is 0 Å². The molecule has 0 bridgehead atoms. The first-order valence-electron chi connectivity index (χ1n) is 17.8. The van der Waals surface area contributed by atoms with Crippen molar-refractivity contribution >= 4 is 29.1 Å². The van der Waals surface area contributed by atoms with Gasteiger partial charge in [-0.2, -0.15) is 0 Å². The van der Waals surface area contributed by atoms with Gasteiger partial charge in [-0.1, -0.05) is 12.1 Å². The lowest BCUT2D eigenvalue weighted by atomic mass is 9.56. The van der Waals surface area contributed by atoms with Gasteiger partial charge in [0.2, 0.25) is 5.95 Å². The SMILES string of the molecule is CCOC(=O)[C@H]1CCC2(CC1)C[C@H](N1CCN(c3cnc(N4CCN5c6cc(-c7ccccc7O)nnc6NC[C@H]5C4)nc3)C[C@H]1C)C2. The van der Waals surface area contributed by atoms with Crippen molar-refractivity contribution in [2.75, 3.05) is 72.4 Å². The Balaban J connectivity index is 0.846. The summed E-state index contributed by atoms with van der Waals surface area (Å²) in [4.78, 5) is 31.7. The minimum absolute atomic E-state index is 0.0110. The second kappa shape index (κ2) is 12.7. The van der Waals surface area contributed by atoms with Crippen LogP contribution in [0.4, 0.5) is 23.1 Å². The number of nitrogens with zero attached hydrogens (tertiary/aromatic N) is 8. The van der Waals surface area contributed by atoms with E-state index in [0.29, 0.717) is 35.4 Å². The first kappa shape index (κ1) is 31.1. The molecule has 4 fully saturated rings. The predicted molar refractivity (Wildman–Crippen MR) is 185 cm³/mol. The number of benzene rings is 1. The topological polar surface area (TPSA) is 123 Å². The smallest absolute Gasteiger partial charge is 0.308 e. The van der Waals surface area contributed by atoms with Crippen molar-refractivity contribution in [1.29, 1.82) is 0 Å². The number of fused-ring (bicyclic) bond motifs is 3. The van der Waals surface area contributed by atoms with Crippen molar-refractivity contribution in [2.45, 2.75) is 70.5 Å². The molecule has 5 aliphatic rings. The Morgan fingerprint density at radius 3 is 2.52 bits per heavy atom. The highest BCUT2D eigenvalue weighted by Crippen LogP contribution is 2.55. The van der Waals surface area contributed by atoms with Crippen LogP contribution in [0.5, 0.6) is 5.75 Å². The Hall–Kier alpha value is -4.19. The molecule has 0 radical (unpaired) electrons. The van der Waals surface area contributed by atoms with Crippen molar-refractivity contribution in [3.8, 4) is 17.0 Å². The molecule has 2 atom stereocenters. The lowest BCUT2D eigenvalue weighted by Gasteiger charge is -2.57. The Morgan fingerprint density at radius 1 is 1.00 bits per heavy atom. The number of aromatic hydroxyl groups is 1. The number of phenolic OH excluding ortho intramolecular Hbond substituents is 1. The first-order valence-corrected chi connectivity index (χ1v) is 17.8. The molecule has 12 heteroatoms. The highest BCUT2D eigenvalue weighted by Gasteiger charge is 2.50. The average molecular weight is 654 g/mol. The van der Waals surface area contributed by atoms with Gasteiger partial charge < -0.3 is 29.9 Å². The fraction of sp³-hybridized carbons (Fsp3) is 0.583. The van der Waals surface area contributed by atoms with Crippen LogP contribution in [0.15, 0.2) is 42.7 Å². The second-order valence-corrected chi connectivity index (χ2v) is 14.5. The van der Waals surface area contributed by atoms with Crippen LogP contribution in [0.3, 0.4) is 0 Å². The number of rotatable bonds is 6. The zero-order chi connectivity index (χ0) is 32.8. The van der Waals surface area contributed by atoms with Crippen molar-refractivity contribution in [3.63, 3.8) is 0 Å². The zero-order valence-electron chi connectivity index (χ0n) is 28.1. The minimum atomic E-state index is 0.0110. The van der Waals surface area contributed by atoms with Gasteiger partial charge in [0.1, 0.15) is 5.75 Å². The number of esters is 1. The third-order valence-corrected chi connectivity index (χ3v) is 11.7.